The largest absolute Gasteiger partial charge is 0.487 e. The van der Waals surface area contributed by atoms with Crippen molar-refractivity contribution in [2.45, 2.75) is 32.8 Å². The van der Waals surface area contributed by atoms with Crippen molar-refractivity contribution in [2.24, 2.45) is 5.92 Å². The smallest absolute Gasteiger partial charge is 0.287 e. The third-order valence-corrected chi connectivity index (χ3v) is 4.85. The standard InChI is InChI=1S/C20H21ClN2O3/c1-3-12(2)18(24)20(25)23-11-16-9-14-8-15(21)10-17(19(14)26-16)13-4-6-22-7-5-13/h4-8,10,12,16H,3,9,11H2,1-2H3,(H,23,25). The molecule has 1 amide bonds. The second-order valence-electron chi connectivity index (χ2n) is 6.51. The predicted molar refractivity (Wildman–Crippen MR) is 100 cm³/mol. The van der Waals surface area contributed by atoms with E-state index in [9.17, 15) is 9.59 Å². The van der Waals surface area contributed by atoms with E-state index in [0.717, 1.165) is 22.4 Å². The van der Waals surface area contributed by atoms with Gasteiger partial charge >= 0.3 is 0 Å². The SMILES string of the molecule is CCC(C)C(=O)C(=O)NCC1Cc2cc(Cl)cc(-c3ccncc3)c2O1. The Kier molecular flexibility index (Phi) is 5.57. The number of rotatable bonds is 6. The first-order valence-corrected chi connectivity index (χ1v) is 9.09. The van der Waals surface area contributed by atoms with E-state index in [4.69, 9.17) is 16.3 Å². The molecule has 0 radical (unpaired) electrons. The Morgan fingerprint density at radius 1 is 1.35 bits per heavy atom. The second-order valence-corrected chi connectivity index (χ2v) is 6.94. The molecular formula is C20H21ClN2O3. The lowest BCUT2D eigenvalue weighted by molar-refractivity contribution is -0.140. The molecule has 3 rings (SSSR count). The molecule has 2 atom stereocenters. The quantitative estimate of drug-likeness (QED) is 0.789. The number of nitrogens with zero attached hydrogens (tertiary/aromatic N) is 1. The molecule has 0 spiro atoms. The molecule has 136 valence electrons. The Balaban J connectivity index is 1.71. The minimum Gasteiger partial charge on any atom is -0.487 e. The van der Waals surface area contributed by atoms with Crippen molar-refractivity contribution in [1.29, 1.82) is 0 Å². The van der Waals surface area contributed by atoms with Gasteiger partial charge in [-0.2, -0.15) is 0 Å². The van der Waals surface area contributed by atoms with Gasteiger partial charge in [-0.1, -0.05) is 25.4 Å². The van der Waals surface area contributed by atoms with Crippen molar-refractivity contribution in [3.63, 3.8) is 0 Å². The number of pyridine rings is 1. The molecule has 2 unspecified atom stereocenters. The lowest BCUT2D eigenvalue weighted by Gasteiger charge is -2.14. The van der Waals surface area contributed by atoms with Crippen LogP contribution in [0.1, 0.15) is 25.8 Å². The number of ketones is 1. The number of ether oxygens (including phenoxy) is 1. The molecule has 2 aromatic rings. The van der Waals surface area contributed by atoms with Gasteiger partial charge in [0.2, 0.25) is 5.78 Å². The molecule has 0 saturated carbocycles. The number of fused-ring (bicyclic) bond motifs is 1. The van der Waals surface area contributed by atoms with Gasteiger partial charge in [-0.15, -0.1) is 0 Å². The minimum atomic E-state index is -0.550. The Hall–Kier alpha value is -2.40. The van der Waals surface area contributed by atoms with Gasteiger partial charge in [0.15, 0.2) is 0 Å². The van der Waals surface area contributed by atoms with Crippen molar-refractivity contribution in [3.05, 3.63) is 47.2 Å². The summed E-state index contributed by atoms with van der Waals surface area (Å²) < 4.78 is 6.06. The molecular weight excluding hydrogens is 352 g/mol. The molecule has 1 aromatic carbocycles. The lowest BCUT2D eigenvalue weighted by atomic mass is 10.0. The number of hydrogen-bond donors (Lipinski definition) is 1. The van der Waals surface area contributed by atoms with Crippen LogP contribution in [0.3, 0.4) is 0 Å². The molecule has 1 aliphatic heterocycles. The Bertz CT molecular complexity index is 823. The Morgan fingerprint density at radius 2 is 2.08 bits per heavy atom. The van der Waals surface area contributed by atoms with E-state index in [1.54, 1.807) is 19.3 Å². The summed E-state index contributed by atoms with van der Waals surface area (Å²) in [4.78, 5) is 27.9. The number of carbonyl (C=O) groups excluding carboxylic acids is 2. The van der Waals surface area contributed by atoms with Crippen molar-refractivity contribution in [1.82, 2.24) is 10.3 Å². The number of amides is 1. The highest BCUT2D eigenvalue weighted by Crippen LogP contribution is 2.40. The number of halogens is 1. The average Bonchev–Trinajstić information content (AvgIpc) is 3.07. The molecule has 0 fully saturated rings. The molecule has 26 heavy (non-hydrogen) atoms. The molecule has 1 N–H and O–H groups in total. The summed E-state index contributed by atoms with van der Waals surface area (Å²) in [6.45, 7) is 3.92. The van der Waals surface area contributed by atoms with Gasteiger partial charge in [0.25, 0.3) is 5.91 Å². The van der Waals surface area contributed by atoms with Gasteiger partial charge in [-0.05, 0) is 36.2 Å². The highest BCUT2D eigenvalue weighted by molar-refractivity contribution is 6.36. The molecule has 1 aliphatic rings. The summed E-state index contributed by atoms with van der Waals surface area (Å²) in [6.07, 6.45) is 4.49. The van der Waals surface area contributed by atoms with E-state index in [0.29, 0.717) is 17.9 Å². The van der Waals surface area contributed by atoms with Crippen molar-refractivity contribution in [2.75, 3.05) is 6.54 Å². The van der Waals surface area contributed by atoms with Crippen LogP contribution in [0.5, 0.6) is 5.75 Å². The third-order valence-electron chi connectivity index (χ3n) is 4.63. The molecule has 5 nitrogen and oxygen atoms in total. The summed E-state index contributed by atoms with van der Waals surface area (Å²) in [5.74, 6) is -0.434. The molecule has 0 aliphatic carbocycles. The first kappa shape index (κ1) is 18.4. The summed E-state index contributed by atoms with van der Waals surface area (Å²) >= 11 is 6.26. The summed E-state index contributed by atoms with van der Waals surface area (Å²) in [5.41, 5.74) is 2.87. The van der Waals surface area contributed by atoms with Crippen molar-refractivity contribution in [3.8, 4) is 16.9 Å². The van der Waals surface area contributed by atoms with E-state index in [1.807, 2.05) is 31.2 Å². The van der Waals surface area contributed by atoms with E-state index in [1.165, 1.54) is 0 Å². The first-order valence-electron chi connectivity index (χ1n) is 8.71. The van der Waals surface area contributed by atoms with Crippen molar-refractivity contribution < 1.29 is 14.3 Å². The molecule has 6 heteroatoms. The zero-order valence-electron chi connectivity index (χ0n) is 14.8. The van der Waals surface area contributed by atoms with Crippen LogP contribution >= 0.6 is 11.6 Å². The van der Waals surface area contributed by atoms with Gasteiger partial charge in [0.1, 0.15) is 11.9 Å². The summed E-state index contributed by atoms with van der Waals surface area (Å²) in [5, 5.41) is 3.33. The van der Waals surface area contributed by atoms with Gasteiger partial charge in [-0.3, -0.25) is 14.6 Å². The zero-order valence-corrected chi connectivity index (χ0v) is 15.5. The van der Waals surface area contributed by atoms with Gasteiger partial charge in [0.05, 0.1) is 6.54 Å². The van der Waals surface area contributed by atoms with Crippen LogP contribution in [0.2, 0.25) is 5.02 Å². The third kappa shape index (κ3) is 3.88. The maximum absolute atomic E-state index is 12.0. The highest BCUT2D eigenvalue weighted by Gasteiger charge is 2.28. The number of benzene rings is 1. The fourth-order valence-corrected chi connectivity index (χ4v) is 3.20. The number of hydrogen-bond acceptors (Lipinski definition) is 4. The highest BCUT2D eigenvalue weighted by atomic mass is 35.5. The average molecular weight is 373 g/mol. The fraction of sp³-hybridized carbons (Fsp3) is 0.350. The van der Waals surface area contributed by atoms with Gasteiger partial charge in [0, 0.05) is 40.9 Å². The number of Topliss-reactive ketones (excluding diaryl/α,β-unsaturated/α-hetero) is 1. The van der Waals surface area contributed by atoms with Crippen molar-refractivity contribution >= 4 is 23.3 Å². The van der Waals surface area contributed by atoms with Gasteiger partial charge in [-0.25, -0.2) is 0 Å². The van der Waals surface area contributed by atoms with E-state index in [2.05, 4.69) is 10.3 Å². The summed E-state index contributed by atoms with van der Waals surface area (Å²) in [7, 11) is 0. The number of aromatic nitrogens is 1. The maximum Gasteiger partial charge on any atom is 0.287 e. The maximum atomic E-state index is 12.0. The van der Waals surface area contributed by atoms with Crippen LogP contribution in [-0.4, -0.2) is 29.3 Å². The Morgan fingerprint density at radius 3 is 2.77 bits per heavy atom. The lowest BCUT2D eigenvalue weighted by Crippen LogP contribution is -2.40. The summed E-state index contributed by atoms with van der Waals surface area (Å²) in [6, 6.07) is 7.54. The van der Waals surface area contributed by atoms with Crippen LogP contribution in [0.25, 0.3) is 11.1 Å². The fourth-order valence-electron chi connectivity index (χ4n) is 2.96. The topological polar surface area (TPSA) is 68.3 Å². The van der Waals surface area contributed by atoms with Crippen LogP contribution < -0.4 is 10.1 Å². The Labute approximate surface area is 157 Å². The van der Waals surface area contributed by atoms with Crippen LogP contribution in [0, 0.1) is 5.92 Å². The zero-order chi connectivity index (χ0) is 18.7. The minimum absolute atomic E-state index is 0.224. The second kappa shape index (κ2) is 7.87. The normalized spacial score (nSPS) is 16.5. The van der Waals surface area contributed by atoms with E-state index >= 15 is 0 Å². The van der Waals surface area contributed by atoms with Crippen LogP contribution in [-0.2, 0) is 16.0 Å². The first-order chi connectivity index (χ1) is 12.5. The van der Waals surface area contributed by atoms with Crippen LogP contribution in [0.15, 0.2) is 36.7 Å². The van der Waals surface area contributed by atoms with E-state index < -0.39 is 5.91 Å². The molecule has 2 heterocycles. The molecule has 1 aromatic heterocycles. The van der Waals surface area contributed by atoms with Gasteiger partial charge < -0.3 is 10.1 Å². The van der Waals surface area contributed by atoms with Crippen LogP contribution in [0.4, 0.5) is 0 Å². The molecule has 0 saturated heterocycles. The monoisotopic (exact) mass is 372 g/mol. The van der Waals surface area contributed by atoms with E-state index in [-0.39, 0.29) is 24.3 Å². The molecule has 0 bridgehead atoms. The predicted octanol–water partition coefficient (Wildman–Crippen LogP) is 3.44. The number of nitrogens with one attached hydrogen (secondary N) is 1. The number of carbonyl (C=O) groups is 2.